The number of benzene rings is 5. The fraction of sp³-hybridized carbons (Fsp3) is 0.0811. The molecular weight excluding hydrogens is 897 g/mol. The van der Waals surface area contributed by atoms with E-state index in [1.54, 1.807) is 21.3 Å². The number of rotatable bonds is 8. The van der Waals surface area contributed by atoms with E-state index in [9.17, 15) is 0 Å². The molecule has 0 spiro atoms. The molecule has 0 fully saturated rings. The average molecular weight is 933 g/mol. The Labute approximate surface area is 320 Å². The van der Waals surface area contributed by atoms with Gasteiger partial charge < -0.3 is 13.3 Å². The van der Waals surface area contributed by atoms with Crippen molar-refractivity contribution >= 4 is 52.6 Å². The van der Waals surface area contributed by atoms with E-state index in [4.69, 9.17) is 31.9 Å². The smallest absolute Gasteiger partial charge is 0 e. The molecule has 0 unspecified atom stereocenters. The van der Waals surface area contributed by atoms with Crippen LogP contribution in [0.5, 0.6) is 0 Å². The Morgan fingerprint density at radius 1 is 0.429 bits per heavy atom. The molecule has 0 bridgehead atoms. The molecule has 257 valence electrons. The molecule has 7 nitrogen and oxygen atoms in total. The number of hydrogen-bond acceptors (Lipinski definition) is 3. The van der Waals surface area contributed by atoms with Gasteiger partial charge in [0, 0.05) is 59.5 Å². The molecule has 0 saturated carbocycles. The Morgan fingerprint density at radius 2 is 0.633 bits per heavy atom. The zero-order chi connectivity index (χ0) is 35.5. The fourth-order valence-corrected chi connectivity index (χ4v) is 7.49. The molecule has 1 radical (unpaired) electrons. The quantitative estimate of drug-likeness (QED) is 0.0887. The van der Waals surface area contributed by atoms with Crippen LogP contribution < -0.4 is 26.5 Å². The molecule has 0 N–H and O–H groups in total. The van der Waals surface area contributed by atoms with Crippen molar-refractivity contribution in [1.82, 2.24) is 0 Å². The van der Waals surface area contributed by atoms with Gasteiger partial charge in [-0.25, -0.2) is 0 Å². The monoisotopic (exact) mass is 932 g/mol. The Hall–Kier alpha value is -2.78. The summed E-state index contributed by atoms with van der Waals surface area (Å²) in [6.07, 6.45) is 0. The largest absolute Gasteiger partial charge is 0.0622 e. The third-order valence-corrected chi connectivity index (χ3v) is 10.1. The summed E-state index contributed by atoms with van der Waals surface area (Å²) in [5.74, 6) is 0. The molecule has 0 aromatic heterocycles. The normalized spacial score (nSPS) is 8.35. The third-order valence-electron chi connectivity index (χ3n) is 5.38. The van der Waals surface area contributed by atoms with E-state index in [-0.39, 0.29) is 38.1 Å². The van der Waals surface area contributed by atoms with Gasteiger partial charge in [-0.2, -0.15) is 0 Å². The van der Waals surface area contributed by atoms with E-state index >= 15 is 0 Å². The second-order valence-electron chi connectivity index (χ2n) is 8.06. The van der Waals surface area contributed by atoms with Gasteiger partial charge in [-0.3, -0.25) is 0 Å². The summed E-state index contributed by atoms with van der Waals surface area (Å²) in [6, 6.07) is 53.5. The average Bonchev–Trinajstić information content (AvgIpc) is 3.18. The molecule has 5 rings (SSSR count). The summed E-state index contributed by atoms with van der Waals surface area (Å²) in [6.45, 7) is 18.0. The van der Waals surface area contributed by atoms with E-state index in [1.165, 1.54) is 26.5 Å². The van der Waals surface area contributed by atoms with Crippen molar-refractivity contribution in [3.8, 4) is 0 Å². The molecule has 0 aliphatic rings. The van der Waals surface area contributed by atoms with E-state index in [2.05, 4.69) is 178 Å². The van der Waals surface area contributed by atoms with Crippen LogP contribution in [0.25, 0.3) is 0 Å². The van der Waals surface area contributed by atoms with Crippen molar-refractivity contribution in [3.05, 3.63) is 178 Å². The van der Waals surface area contributed by atoms with Crippen LogP contribution in [0.15, 0.2) is 152 Å². The Kier molecular flexibility index (Phi) is 42.9. The maximum absolute atomic E-state index is 7.50. The molecule has 0 heterocycles. The second-order valence-corrected chi connectivity index (χ2v) is 13.4. The molecule has 0 aliphatic carbocycles. The van der Waals surface area contributed by atoms with Gasteiger partial charge in [0.15, 0.2) is 0 Å². The summed E-state index contributed by atoms with van der Waals surface area (Å²) in [5, 5.41) is 6.99. The topological polar surface area (TPSA) is 107 Å². The first-order valence-corrected chi connectivity index (χ1v) is 16.9. The molecule has 0 aliphatic heterocycles. The van der Waals surface area contributed by atoms with Crippen LogP contribution in [0.2, 0.25) is 0 Å². The molecule has 12 heteroatoms. The van der Waals surface area contributed by atoms with E-state index in [1.807, 2.05) is 0 Å². The minimum Gasteiger partial charge on any atom is -0.0622 e. The van der Waals surface area contributed by atoms with E-state index < -0.39 is 17.4 Å². The van der Waals surface area contributed by atoms with Crippen LogP contribution in [-0.2, 0) is 70.0 Å². The fourth-order valence-electron chi connectivity index (χ4n) is 3.64. The first-order chi connectivity index (χ1) is 23.2. The van der Waals surface area contributed by atoms with Gasteiger partial charge in [0.1, 0.15) is 0 Å². The van der Waals surface area contributed by atoms with Gasteiger partial charge in [-0.05, 0) is 34.4 Å². The minimum absolute atomic E-state index is 0. The molecule has 49 heavy (non-hydrogen) atoms. The molecule has 5 aromatic rings. The molecular formula is C37H35FeO7P2PtSi. The van der Waals surface area contributed by atoms with Crippen molar-refractivity contribution in [3.63, 3.8) is 0 Å². The zero-order valence-electron chi connectivity index (χ0n) is 26.9. The van der Waals surface area contributed by atoms with E-state index in [0.717, 1.165) is 8.58 Å². The van der Waals surface area contributed by atoms with E-state index in [0.29, 0.717) is 0 Å². The Morgan fingerprint density at radius 3 is 0.816 bits per heavy atom. The van der Waals surface area contributed by atoms with Crippen LogP contribution in [0, 0.1) is 26.6 Å². The van der Waals surface area contributed by atoms with Gasteiger partial charge in [-0.15, -0.1) is 0 Å². The standard InChI is InChI=1S/C18H15P.C12H11P.C3H9O3Si.4CO.Fe.Pt/c1-4-10-16(11-5-1)19(17-12-6-2-7-13-17)18-14-8-3-9-15-18;1-3-7-11(8-4-1)13-12-9-5-2-6-10-12;1-4-7(5-2)6-3;4*1-2;;/h1-15H;1-10,13H;1-3H3;;;;;;. The third kappa shape index (κ3) is 24.1. The second kappa shape index (κ2) is 39.7. The van der Waals surface area contributed by atoms with Crippen LogP contribution in [0.1, 0.15) is 0 Å². The summed E-state index contributed by atoms with van der Waals surface area (Å²) >= 11 is 0. The van der Waals surface area contributed by atoms with Crippen molar-refractivity contribution in [2.45, 2.75) is 0 Å². The van der Waals surface area contributed by atoms with Gasteiger partial charge in [-0.1, -0.05) is 160 Å². The first-order valence-electron chi connectivity index (χ1n) is 13.4. The van der Waals surface area contributed by atoms with Crippen molar-refractivity contribution in [2.75, 3.05) is 21.3 Å². The van der Waals surface area contributed by atoms with Gasteiger partial charge in [0.05, 0.1) is 0 Å². The first kappa shape index (κ1) is 53.0. The molecule has 0 atom stereocenters. The predicted octanol–water partition coefficient (Wildman–Crippen LogP) is 5.52. The van der Waals surface area contributed by atoms with Crippen LogP contribution in [0.4, 0.5) is 0 Å². The van der Waals surface area contributed by atoms with Crippen molar-refractivity contribution in [2.24, 2.45) is 0 Å². The molecule has 0 saturated heterocycles. The van der Waals surface area contributed by atoms with Crippen LogP contribution >= 0.6 is 16.5 Å². The zero-order valence-corrected chi connectivity index (χ0v) is 33.2. The number of hydrogen-bond donors (Lipinski definition) is 0. The van der Waals surface area contributed by atoms with Gasteiger partial charge in [0.2, 0.25) is 0 Å². The van der Waals surface area contributed by atoms with Gasteiger partial charge >= 0.3 is 54.7 Å². The summed E-state index contributed by atoms with van der Waals surface area (Å²) < 4.78 is 44.1. The maximum atomic E-state index is 7.50. The van der Waals surface area contributed by atoms with Crippen molar-refractivity contribution in [1.29, 1.82) is 0 Å². The minimum atomic E-state index is -1.36. The van der Waals surface area contributed by atoms with Crippen LogP contribution in [-0.4, -0.2) is 30.9 Å². The molecule has 0 amide bonds. The maximum Gasteiger partial charge on any atom is 0 e. The predicted molar refractivity (Wildman–Crippen MR) is 188 cm³/mol. The van der Waals surface area contributed by atoms with Crippen LogP contribution in [0.3, 0.4) is 0 Å². The molecule has 5 aromatic carbocycles. The summed E-state index contributed by atoms with van der Waals surface area (Å²) in [4.78, 5) is 0. The SMILES string of the molecule is CO[Si](OC)OC.[C-]#[O+].[C-]#[O+].[C-]#[O+].[C-]#[O+].[Fe].[Pt].c1ccc(P(c2ccccc2)c2ccccc2)cc1.c1ccc(Pc2ccccc2)cc1. The van der Waals surface area contributed by atoms with Crippen molar-refractivity contribution < 1.29 is 70.0 Å². The Bertz CT molecular complexity index is 1320. The summed E-state index contributed by atoms with van der Waals surface area (Å²) in [7, 11) is 3.64. The summed E-state index contributed by atoms with van der Waals surface area (Å²) in [5.41, 5.74) is 0. The Balaban J connectivity index is -0.000000296. The van der Waals surface area contributed by atoms with Gasteiger partial charge in [0.25, 0.3) is 0 Å².